The monoisotopic (exact) mass is 1100 g/mol. The largest absolute Gasteiger partial charge is 0.790 e. The molecule has 416 valence electrons. The third kappa shape index (κ3) is 19.8. The number of phosphoric ester groups is 3. The van der Waals surface area contributed by atoms with E-state index in [1.807, 2.05) is 33.8 Å². The fourth-order valence-electron chi connectivity index (χ4n) is 8.05. The number of hydrogen-bond acceptors (Lipinski definition) is 23. The van der Waals surface area contributed by atoms with Crippen LogP contribution in [0.25, 0.3) is 11.2 Å². The fraction of sp³-hybridized carbons (Fsp3) is 0.667. The number of amides is 2. The number of imidazole rings is 1. The highest BCUT2D eigenvalue weighted by atomic mass is 31.3. The number of aliphatic hydroxyl groups excluding tert-OH is 2. The third-order valence-corrected chi connectivity index (χ3v) is 15.5. The van der Waals surface area contributed by atoms with Crippen molar-refractivity contribution < 1.29 is 90.0 Å². The Morgan fingerprint density at radius 3 is 2.09 bits per heavy atom. The lowest BCUT2D eigenvalue weighted by Gasteiger charge is -2.36. The van der Waals surface area contributed by atoms with Crippen LogP contribution in [-0.2, 0) is 73.1 Å². The van der Waals surface area contributed by atoms with Crippen LogP contribution in [0.4, 0.5) is 5.82 Å². The average molecular weight is 1100 g/mol. The van der Waals surface area contributed by atoms with Crippen LogP contribution in [0, 0.1) is 10.8 Å². The van der Waals surface area contributed by atoms with Crippen LogP contribution < -0.4 is 35.9 Å². The number of phosphoric acid groups is 3. The van der Waals surface area contributed by atoms with Crippen molar-refractivity contribution in [2.45, 2.75) is 155 Å². The SMILES string of the molecule is CC(C)(CCCCCc1ccccc1CCCCCC(C)(C)C(=O)CCNC(=O)CCNC(=O)C(O)C(C)(C)COP(=O)([O-])OP(=O)([O-])OCC1OC(n2cnc3c(N)ncnc32)C(O)C1OP(=O)([O-])[O-])OC=O. The van der Waals surface area contributed by atoms with Crippen LogP contribution >= 0.6 is 23.5 Å². The number of aliphatic hydroxyl groups is 2. The number of nitrogens with zero attached hydrogens (tertiary/aromatic N) is 4. The Morgan fingerprint density at radius 1 is 0.865 bits per heavy atom. The van der Waals surface area contributed by atoms with E-state index in [1.54, 1.807) is 0 Å². The number of nitrogens with one attached hydrogen (secondary N) is 2. The summed E-state index contributed by atoms with van der Waals surface area (Å²) >= 11 is 0. The van der Waals surface area contributed by atoms with Gasteiger partial charge in [0, 0.05) is 36.8 Å². The number of rotatable bonds is 34. The second kappa shape index (κ2) is 27.3. The summed E-state index contributed by atoms with van der Waals surface area (Å²) in [7, 11) is -17.7. The molecule has 1 aliphatic heterocycles. The van der Waals surface area contributed by atoms with Crippen molar-refractivity contribution in [3.63, 3.8) is 0 Å². The molecule has 0 spiro atoms. The van der Waals surface area contributed by atoms with Crippen molar-refractivity contribution >= 4 is 64.5 Å². The highest BCUT2D eigenvalue weighted by Crippen LogP contribution is 2.56. The van der Waals surface area contributed by atoms with Gasteiger partial charge in [0.1, 0.15) is 47.6 Å². The van der Waals surface area contributed by atoms with Gasteiger partial charge >= 0.3 is 0 Å². The van der Waals surface area contributed by atoms with Crippen molar-refractivity contribution in [3.05, 3.63) is 48.0 Å². The predicted octanol–water partition coefficient (Wildman–Crippen LogP) is 1.72. The molecule has 3 aromatic rings. The lowest BCUT2D eigenvalue weighted by Crippen LogP contribution is -2.46. The molecule has 7 unspecified atom stereocenters. The number of Topliss-reactive ketones (excluding diaryl/α,β-unsaturated/α-hetero) is 1. The summed E-state index contributed by atoms with van der Waals surface area (Å²) in [5, 5.41) is 26.5. The maximum absolute atomic E-state index is 13.1. The number of nitrogen functional groups attached to an aromatic ring is 1. The minimum Gasteiger partial charge on any atom is -0.790 e. The first kappa shape index (κ1) is 62.4. The van der Waals surface area contributed by atoms with Crippen molar-refractivity contribution in [1.29, 1.82) is 0 Å². The molecule has 1 aliphatic rings. The molecule has 3 heterocycles. The molecule has 2 amide bonds. The molecule has 1 fully saturated rings. The molecular weight excluding hydrogens is 1040 g/mol. The van der Waals surface area contributed by atoms with E-state index in [2.05, 4.69) is 61.7 Å². The Kier molecular flexibility index (Phi) is 23.0. The Balaban J connectivity index is 1.13. The molecule has 2 aromatic heterocycles. The van der Waals surface area contributed by atoms with Gasteiger partial charge in [0.2, 0.25) is 11.8 Å². The molecule has 26 nitrogen and oxygen atoms in total. The molecule has 74 heavy (non-hydrogen) atoms. The lowest BCUT2D eigenvalue weighted by molar-refractivity contribution is -0.347. The molecule has 7 atom stereocenters. The van der Waals surface area contributed by atoms with Gasteiger partial charge in [-0.05, 0) is 69.9 Å². The number of fused-ring (bicyclic) bond motifs is 1. The summed E-state index contributed by atoms with van der Waals surface area (Å²) in [5.41, 5.74) is 5.66. The van der Waals surface area contributed by atoms with E-state index in [0.717, 1.165) is 75.0 Å². The van der Waals surface area contributed by atoms with E-state index in [4.69, 9.17) is 15.2 Å². The highest BCUT2D eigenvalue weighted by Gasteiger charge is 2.47. The number of carbonyl (C=O) groups excluding carboxylic acids is 4. The van der Waals surface area contributed by atoms with Crippen LogP contribution in [0.15, 0.2) is 36.9 Å². The summed E-state index contributed by atoms with van der Waals surface area (Å²) in [5.74, 6) is -1.61. The van der Waals surface area contributed by atoms with Crippen molar-refractivity contribution in [3.8, 4) is 0 Å². The number of carbonyl (C=O) groups is 4. The molecule has 0 bridgehead atoms. The molecular formula is C45H68N7O19P3-4. The smallest absolute Gasteiger partial charge is 0.293 e. The first-order chi connectivity index (χ1) is 34.5. The maximum Gasteiger partial charge on any atom is 0.293 e. The summed E-state index contributed by atoms with van der Waals surface area (Å²) < 4.78 is 66.2. The first-order valence-corrected chi connectivity index (χ1v) is 28.4. The van der Waals surface area contributed by atoms with Gasteiger partial charge in [-0.25, -0.2) is 19.3 Å². The molecule has 0 aliphatic carbocycles. The Labute approximate surface area is 429 Å². The molecule has 0 saturated carbocycles. The van der Waals surface area contributed by atoms with Crippen LogP contribution in [0.1, 0.15) is 123 Å². The quantitative estimate of drug-likeness (QED) is 0.0323. The third-order valence-electron chi connectivity index (χ3n) is 12.4. The first-order valence-electron chi connectivity index (χ1n) is 24.0. The minimum absolute atomic E-state index is 0.0130. The van der Waals surface area contributed by atoms with Crippen molar-refractivity contribution in [1.82, 2.24) is 30.2 Å². The molecule has 6 N–H and O–H groups in total. The molecule has 1 aromatic carbocycles. The minimum atomic E-state index is -5.94. The fourth-order valence-corrected chi connectivity index (χ4v) is 10.8. The van der Waals surface area contributed by atoms with Gasteiger partial charge in [0.15, 0.2) is 17.7 Å². The zero-order valence-corrected chi connectivity index (χ0v) is 45.0. The van der Waals surface area contributed by atoms with E-state index in [9.17, 15) is 62.7 Å². The topological polar surface area (TPSA) is 401 Å². The molecule has 4 rings (SSSR count). The van der Waals surface area contributed by atoms with Crippen LogP contribution in [-0.4, -0.2) is 110 Å². The highest BCUT2D eigenvalue weighted by molar-refractivity contribution is 7.59. The zero-order chi connectivity index (χ0) is 55.1. The van der Waals surface area contributed by atoms with Crippen LogP contribution in [0.3, 0.4) is 0 Å². The van der Waals surface area contributed by atoms with Crippen LogP contribution in [0.2, 0.25) is 0 Å². The average Bonchev–Trinajstić information content (AvgIpc) is 3.87. The molecule has 29 heteroatoms. The normalized spacial score (nSPS) is 19.6. The van der Waals surface area contributed by atoms with Gasteiger partial charge in [-0.15, -0.1) is 0 Å². The second-order valence-corrected chi connectivity index (χ2v) is 24.0. The zero-order valence-electron chi connectivity index (χ0n) is 42.3. The number of aryl methyl sites for hydroxylation is 2. The van der Waals surface area contributed by atoms with Gasteiger partial charge in [0.25, 0.3) is 22.1 Å². The Hall–Kier alpha value is -4.10. The number of ether oxygens (including phenoxy) is 2. The van der Waals surface area contributed by atoms with Gasteiger partial charge < -0.3 is 73.8 Å². The van der Waals surface area contributed by atoms with E-state index < -0.39 is 95.6 Å². The molecule has 0 radical (unpaired) electrons. The number of hydrogen-bond donors (Lipinski definition) is 5. The summed E-state index contributed by atoms with van der Waals surface area (Å²) in [4.78, 5) is 109. The summed E-state index contributed by atoms with van der Waals surface area (Å²) in [6.07, 6.45) is 1.65. The number of ketones is 1. The maximum atomic E-state index is 13.1. The van der Waals surface area contributed by atoms with Crippen molar-refractivity contribution in [2.24, 2.45) is 10.8 Å². The Bertz CT molecular complexity index is 2510. The predicted molar refractivity (Wildman–Crippen MR) is 256 cm³/mol. The van der Waals surface area contributed by atoms with Gasteiger partial charge in [-0.2, -0.15) is 0 Å². The summed E-state index contributed by atoms with van der Waals surface area (Å²) in [6, 6.07) is 8.43. The van der Waals surface area contributed by atoms with E-state index in [0.29, 0.717) is 12.9 Å². The number of benzene rings is 1. The van der Waals surface area contributed by atoms with E-state index in [1.165, 1.54) is 25.0 Å². The number of aromatic nitrogens is 4. The van der Waals surface area contributed by atoms with E-state index in [-0.39, 0.29) is 48.7 Å². The van der Waals surface area contributed by atoms with Crippen LogP contribution in [0.5, 0.6) is 0 Å². The number of nitrogens with two attached hydrogens (primary N) is 1. The number of anilines is 1. The lowest BCUT2D eigenvalue weighted by atomic mass is 9.81. The number of unbranched alkanes of at least 4 members (excludes halogenated alkanes) is 4. The Morgan fingerprint density at radius 2 is 1.47 bits per heavy atom. The van der Waals surface area contributed by atoms with Crippen molar-refractivity contribution in [2.75, 3.05) is 32.0 Å². The van der Waals surface area contributed by atoms with E-state index >= 15 is 0 Å². The standard InChI is InChI=1S/C45H72N7O19P3/c1-43(2,21-13-7-9-15-30-17-11-12-18-31(30)16-10-8-14-22-45(5,6)66-29-53)33(54)19-23-47-34(55)20-24-48-41(58)38(57)44(3,4)26-68-74(64,65)71-73(62,63)67-25-32-37(70-72(59,60)61)36(56)42(69-32)52-28-51-35-39(46)49-27-50-40(35)52/h11-12,17-18,27-29,32,36-38,42,56-57H,7-10,13-16,19-26H2,1-6H3,(H,47,55)(H,48,58)(H,62,63)(H,64,65)(H2,46,49,50)(H2,59,60,61)/p-4. The van der Waals surface area contributed by atoms with Gasteiger partial charge in [-0.1, -0.05) is 71.2 Å². The molecule has 1 saturated heterocycles. The van der Waals surface area contributed by atoms with Gasteiger partial charge in [-0.3, -0.25) is 32.9 Å². The van der Waals surface area contributed by atoms with Gasteiger partial charge in [0.05, 0.1) is 27.4 Å². The second-order valence-electron chi connectivity index (χ2n) is 19.9. The summed E-state index contributed by atoms with van der Waals surface area (Å²) in [6.45, 7) is 8.01.